The number of amides is 1. The maximum absolute atomic E-state index is 12.2. The molecule has 98 valence electrons. The lowest BCUT2D eigenvalue weighted by atomic mass is 9.92. The highest BCUT2D eigenvalue weighted by Gasteiger charge is 2.27. The standard InChI is InChI=1S/C15H22N2O/c1-3-12-7-4-8-13(10-12)17-15(18)14-11(2)6-5-9-16-14/h4,7-8,10-11,14,16H,3,5-6,9H2,1-2H3,(H,17,18). The summed E-state index contributed by atoms with van der Waals surface area (Å²) in [6, 6.07) is 8.02. The second-order valence-electron chi connectivity index (χ2n) is 5.09. The number of nitrogens with one attached hydrogen (secondary N) is 2. The van der Waals surface area contributed by atoms with Gasteiger partial charge in [-0.2, -0.15) is 0 Å². The van der Waals surface area contributed by atoms with Crippen molar-refractivity contribution in [3.05, 3.63) is 29.8 Å². The first kappa shape index (κ1) is 13.1. The van der Waals surface area contributed by atoms with Crippen molar-refractivity contribution < 1.29 is 4.79 Å². The highest BCUT2D eigenvalue weighted by Crippen LogP contribution is 2.18. The van der Waals surface area contributed by atoms with E-state index in [0.29, 0.717) is 5.92 Å². The number of rotatable bonds is 3. The molecule has 0 radical (unpaired) electrons. The van der Waals surface area contributed by atoms with Crippen molar-refractivity contribution in [2.45, 2.75) is 39.2 Å². The summed E-state index contributed by atoms with van der Waals surface area (Å²) in [5.74, 6) is 0.503. The van der Waals surface area contributed by atoms with Crippen LogP contribution in [0.2, 0.25) is 0 Å². The van der Waals surface area contributed by atoms with Crippen LogP contribution in [-0.2, 0) is 11.2 Å². The maximum Gasteiger partial charge on any atom is 0.241 e. The minimum absolute atomic E-state index is 0.0518. The molecule has 1 amide bonds. The molecule has 2 rings (SSSR count). The van der Waals surface area contributed by atoms with Crippen LogP contribution in [-0.4, -0.2) is 18.5 Å². The molecule has 2 unspecified atom stereocenters. The van der Waals surface area contributed by atoms with Crippen LogP contribution in [0.3, 0.4) is 0 Å². The average Bonchev–Trinajstić information content (AvgIpc) is 2.39. The molecule has 0 bridgehead atoms. The van der Waals surface area contributed by atoms with Crippen molar-refractivity contribution in [1.29, 1.82) is 0 Å². The lowest BCUT2D eigenvalue weighted by Gasteiger charge is -2.28. The van der Waals surface area contributed by atoms with Crippen LogP contribution in [0, 0.1) is 5.92 Å². The Morgan fingerprint density at radius 2 is 2.33 bits per heavy atom. The molecule has 1 saturated heterocycles. The van der Waals surface area contributed by atoms with Gasteiger partial charge in [-0.05, 0) is 49.4 Å². The maximum atomic E-state index is 12.2. The minimum atomic E-state index is -0.0518. The van der Waals surface area contributed by atoms with Gasteiger partial charge in [0, 0.05) is 5.69 Å². The summed E-state index contributed by atoms with van der Waals surface area (Å²) in [5, 5.41) is 6.32. The summed E-state index contributed by atoms with van der Waals surface area (Å²) in [6.07, 6.45) is 3.28. The molecular formula is C15H22N2O. The topological polar surface area (TPSA) is 41.1 Å². The fraction of sp³-hybridized carbons (Fsp3) is 0.533. The summed E-state index contributed by atoms with van der Waals surface area (Å²) in [6.45, 7) is 5.20. The van der Waals surface area contributed by atoms with Gasteiger partial charge in [0.25, 0.3) is 0 Å². The lowest BCUT2D eigenvalue weighted by Crippen LogP contribution is -2.48. The largest absolute Gasteiger partial charge is 0.325 e. The van der Waals surface area contributed by atoms with Gasteiger partial charge in [-0.15, -0.1) is 0 Å². The smallest absolute Gasteiger partial charge is 0.241 e. The fourth-order valence-corrected chi connectivity index (χ4v) is 2.49. The van der Waals surface area contributed by atoms with Gasteiger partial charge in [-0.25, -0.2) is 0 Å². The Morgan fingerprint density at radius 1 is 1.50 bits per heavy atom. The van der Waals surface area contributed by atoms with Crippen LogP contribution in [0.4, 0.5) is 5.69 Å². The number of hydrogen-bond acceptors (Lipinski definition) is 2. The number of piperidine rings is 1. The number of carbonyl (C=O) groups excluding carboxylic acids is 1. The summed E-state index contributed by atoms with van der Waals surface area (Å²) in [4.78, 5) is 12.2. The van der Waals surface area contributed by atoms with E-state index in [2.05, 4.69) is 30.5 Å². The van der Waals surface area contributed by atoms with Crippen LogP contribution >= 0.6 is 0 Å². The third-order valence-electron chi connectivity index (χ3n) is 3.65. The molecule has 1 fully saturated rings. The number of aryl methyl sites for hydroxylation is 1. The third-order valence-corrected chi connectivity index (χ3v) is 3.65. The summed E-state index contributed by atoms with van der Waals surface area (Å²) < 4.78 is 0. The van der Waals surface area contributed by atoms with Gasteiger partial charge in [0.05, 0.1) is 6.04 Å². The summed E-state index contributed by atoms with van der Waals surface area (Å²) in [7, 11) is 0. The van der Waals surface area contributed by atoms with Crippen molar-refractivity contribution in [3.8, 4) is 0 Å². The second-order valence-corrected chi connectivity index (χ2v) is 5.09. The molecule has 2 N–H and O–H groups in total. The molecule has 1 aromatic carbocycles. The fourth-order valence-electron chi connectivity index (χ4n) is 2.49. The van der Waals surface area contributed by atoms with Gasteiger partial charge in [-0.1, -0.05) is 26.0 Å². The predicted molar refractivity (Wildman–Crippen MR) is 74.6 cm³/mol. The molecule has 0 aliphatic carbocycles. The van der Waals surface area contributed by atoms with Crippen molar-refractivity contribution in [2.24, 2.45) is 5.92 Å². The van der Waals surface area contributed by atoms with Crippen LogP contribution in [0.5, 0.6) is 0 Å². The molecule has 1 aliphatic rings. The zero-order valence-corrected chi connectivity index (χ0v) is 11.2. The van der Waals surface area contributed by atoms with E-state index in [4.69, 9.17) is 0 Å². The first-order valence-electron chi connectivity index (χ1n) is 6.84. The van der Waals surface area contributed by atoms with Crippen molar-refractivity contribution in [1.82, 2.24) is 5.32 Å². The molecule has 0 aromatic heterocycles. The first-order valence-corrected chi connectivity index (χ1v) is 6.84. The van der Waals surface area contributed by atoms with E-state index < -0.39 is 0 Å². The Hall–Kier alpha value is -1.35. The van der Waals surface area contributed by atoms with Crippen LogP contribution in [0.15, 0.2) is 24.3 Å². The Bertz CT molecular complexity index is 417. The average molecular weight is 246 g/mol. The molecule has 18 heavy (non-hydrogen) atoms. The number of carbonyl (C=O) groups is 1. The number of benzene rings is 1. The van der Waals surface area contributed by atoms with Crippen molar-refractivity contribution >= 4 is 11.6 Å². The zero-order chi connectivity index (χ0) is 13.0. The van der Waals surface area contributed by atoms with Gasteiger partial charge in [0.1, 0.15) is 0 Å². The van der Waals surface area contributed by atoms with E-state index in [0.717, 1.165) is 31.5 Å². The van der Waals surface area contributed by atoms with Crippen LogP contribution < -0.4 is 10.6 Å². The molecule has 0 saturated carbocycles. The number of hydrogen-bond donors (Lipinski definition) is 2. The third kappa shape index (κ3) is 3.10. The molecule has 3 nitrogen and oxygen atoms in total. The second kappa shape index (κ2) is 6.01. The van der Waals surface area contributed by atoms with E-state index in [1.807, 2.05) is 18.2 Å². The lowest BCUT2D eigenvalue weighted by molar-refractivity contribution is -0.119. The van der Waals surface area contributed by atoms with Gasteiger partial charge in [-0.3, -0.25) is 4.79 Å². The quantitative estimate of drug-likeness (QED) is 0.860. The molecular weight excluding hydrogens is 224 g/mol. The van der Waals surface area contributed by atoms with Gasteiger partial charge in [0.2, 0.25) is 5.91 Å². The van der Waals surface area contributed by atoms with E-state index >= 15 is 0 Å². The van der Waals surface area contributed by atoms with Gasteiger partial charge >= 0.3 is 0 Å². The number of anilines is 1. The Morgan fingerprint density at radius 3 is 3.06 bits per heavy atom. The Balaban J connectivity index is 2.01. The first-order chi connectivity index (χ1) is 8.70. The molecule has 1 heterocycles. The van der Waals surface area contributed by atoms with Gasteiger partial charge < -0.3 is 10.6 Å². The van der Waals surface area contributed by atoms with Gasteiger partial charge in [0.15, 0.2) is 0 Å². The Kier molecular flexibility index (Phi) is 4.37. The molecule has 1 aliphatic heterocycles. The van der Waals surface area contributed by atoms with E-state index in [1.54, 1.807) is 0 Å². The molecule has 0 spiro atoms. The Labute approximate surface area is 109 Å². The van der Waals surface area contributed by atoms with Crippen LogP contribution in [0.1, 0.15) is 32.3 Å². The monoisotopic (exact) mass is 246 g/mol. The van der Waals surface area contributed by atoms with Crippen molar-refractivity contribution in [3.63, 3.8) is 0 Å². The van der Waals surface area contributed by atoms with E-state index in [9.17, 15) is 4.79 Å². The normalized spacial score (nSPS) is 23.7. The molecule has 3 heteroatoms. The highest BCUT2D eigenvalue weighted by molar-refractivity contribution is 5.95. The molecule has 1 aromatic rings. The zero-order valence-electron chi connectivity index (χ0n) is 11.2. The van der Waals surface area contributed by atoms with E-state index in [1.165, 1.54) is 5.56 Å². The van der Waals surface area contributed by atoms with Crippen LogP contribution in [0.25, 0.3) is 0 Å². The highest BCUT2D eigenvalue weighted by atomic mass is 16.2. The molecule has 2 atom stereocenters. The minimum Gasteiger partial charge on any atom is -0.325 e. The van der Waals surface area contributed by atoms with Crippen molar-refractivity contribution in [2.75, 3.05) is 11.9 Å². The summed E-state index contributed by atoms with van der Waals surface area (Å²) >= 11 is 0. The predicted octanol–water partition coefficient (Wildman–Crippen LogP) is 2.58. The van der Waals surface area contributed by atoms with E-state index in [-0.39, 0.29) is 11.9 Å². The summed E-state index contributed by atoms with van der Waals surface area (Å²) in [5.41, 5.74) is 2.15. The SMILES string of the molecule is CCc1cccc(NC(=O)C2NCCCC2C)c1.